The molecule has 23 N–H and O–H groups in total. The first-order valence-electron chi connectivity index (χ1n) is 28.6. The van der Waals surface area contributed by atoms with Crippen LogP contribution in [0, 0.1) is 5.92 Å². The number of benzene rings is 2. The molecule has 26 nitrogen and oxygen atoms in total. The zero-order chi connectivity index (χ0) is 60.0. The van der Waals surface area contributed by atoms with Crippen molar-refractivity contribution in [3.63, 3.8) is 0 Å². The van der Waals surface area contributed by atoms with Crippen LogP contribution in [0.1, 0.15) is 115 Å². The third kappa shape index (κ3) is 23.3. The number of unbranched alkanes of at least 4 members (excludes halogenated alkanes) is 3. The number of aromatic nitrogens is 1. The number of amides is 8. The summed E-state index contributed by atoms with van der Waals surface area (Å²) in [5, 5.41) is 23.4. The average Bonchev–Trinajstić information content (AvgIpc) is 4.09. The zero-order valence-electron chi connectivity index (χ0n) is 47.5. The van der Waals surface area contributed by atoms with Crippen molar-refractivity contribution in [3.8, 4) is 0 Å². The molecule has 452 valence electrons. The van der Waals surface area contributed by atoms with Gasteiger partial charge in [0.25, 0.3) is 0 Å². The molecule has 0 saturated carbocycles. The van der Waals surface area contributed by atoms with Crippen LogP contribution in [0.2, 0.25) is 0 Å². The minimum absolute atomic E-state index is 0.0264. The van der Waals surface area contributed by atoms with E-state index in [0.29, 0.717) is 49.7 Å². The number of para-hydroxylation sites is 1. The Balaban J connectivity index is 1.92. The molecule has 1 fully saturated rings. The summed E-state index contributed by atoms with van der Waals surface area (Å²) in [6.45, 7) is 4.68. The fourth-order valence-corrected chi connectivity index (χ4v) is 9.50. The molecule has 2 heterocycles. The van der Waals surface area contributed by atoms with Gasteiger partial charge >= 0.3 is 0 Å². The van der Waals surface area contributed by atoms with E-state index in [2.05, 4.69) is 57.5 Å². The summed E-state index contributed by atoms with van der Waals surface area (Å²) in [5.74, 6) is -6.54. The maximum absolute atomic E-state index is 15.0. The van der Waals surface area contributed by atoms with E-state index in [9.17, 15) is 38.4 Å². The third-order valence-corrected chi connectivity index (χ3v) is 13.9. The molecule has 3 aromatic rings. The monoisotopic (exact) mass is 1140 g/mol. The Morgan fingerprint density at radius 3 is 1.17 bits per heavy atom. The lowest BCUT2D eigenvalue weighted by Gasteiger charge is -2.29. The minimum Gasteiger partial charge on any atom is -0.370 e. The summed E-state index contributed by atoms with van der Waals surface area (Å²) < 4.78 is 0. The normalized spacial score (nSPS) is 22.1. The van der Waals surface area contributed by atoms with E-state index in [-0.39, 0.29) is 115 Å². The highest BCUT2D eigenvalue weighted by atomic mass is 16.2. The minimum atomic E-state index is -1.35. The zero-order valence-corrected chi connectivity index (χ0v) is 47.5. The standard InChI is InChI=1S/C56H90N18O8/c1-34(2)30-44-52(80)73-45(31-35-16-4-3-5-17-35)53(81)74-46(32-36-33-66-38-19-7-6-18-37(36)38)54(82)71-41(22-10-13-27-59)49(77)67-39(20-8-11-25-57)47(75)69-42(23-14-28-64-55(60)61)50(78)68-40(21-9-12-26-58)48(76)70-43(51(79)72-44)24-15-29-65-56(62)63/h3-7,16-19,33-34,39-46,66H,8-15,20-32,57-59H2,1-2H3,(H,67,77)(H,68,78)(H,69,75)(H,70,76)(H,71,82)(H,72,79)(H,73,80)(H,74,81)(H4,60,61,64)(H4,62,63,65)/t39-,40-,41-,42-,43-,44-,45-,46-/m0/s1. The number of aliphatic imine (C=N–C) groups is 2. The number of aromatic amines is 1. The van der Waals surface area contributed by atoms with Gasteiger partial charge in [-0.2, -0.15) is 0 Å². The molecule has 0 radical (unpaired) electrons. The molecule has 1 saturated heterocycles. The lowest BCUT2D eigenvalue weighted by molar-refractivity contribution is -0.137. The Morgan fingerprint density at radius 1 is 0.427 bits per heavy atom. The van der Waals surface area contributed by atoms with Crippen LogP contribution in [-0.4, -0.2) is 145 Å². The maximum atomic E-state index is 15.0. The smallest absolute Gasteiger partial charge is 0.243 e. The van der Waals surface area contributed by atoms with Crippen molar-refractivity contribution in [1.29, 1.82) is 0 Å². The first-order chi connectivity index (χ1) is 39.3. The fraction of sp³-hybridized carbons (Fsp3) is 0.571. The molecule has 8 atom stereocenters. The highest BCUT2D eigenvalue weighted by Crippen LogP contribution is 2.20. The number of nitrogens with zero attached hydrogens (tertiary/aromatic N) is 2. The van der Waals surface area contributed by atoms with Crippen molar-refractivity contribution in [2.75, 3.05) is 32.7 Å². The Kier molecular flexibility index (Phi) is 29.1. The van der Waals surface area contributed by atoms with Crippen LogP contribution in [0.4, 0.5) is 0 Å². The molecule has 0 bridgehead atoms. The molecule has 26 heteroatoms. The summed E-state index contributed by atoms with van der Waals surface area (Å²) in [6.07, 6.45) is 4.79. The summed E-state index contributed by atoms with van der Waals surface area (Å²) >= 11 is 0. The van der Waals surface area contributed by atoms with Crippen LogP contribution in [0.3, 0.4) is 0 Å². The van der Waals surface area contributed by atoms with E-state index in [1.165, 1.54) is 0 Å². The van der Waals surface area contributed by atoms with E-state index in [1.54, 1.807) is 36.5 Å². The number of hydrogen-bond acceptors (Lipinski definition) is 13. The molecule has 0 unspecified atom stereocenters. The number of nitrogens with one attached hydrogen (secondary N) is 9. The Labute approximate surface area is 480 Å². The number of guanidine groups is 2. The summed E-state index contributed by atoms with van der Waals surface area (Å²) in [6, 6.07) is 5.92. The highest BCUT2D eigenvalue weighted by Gasteiger charge is 2.36. The molecule has 1 aromatic heterocycles. The number of carbonyl (C=O) groups is 8. The predicted octanol–water partition coefficient (Wildman–Crippen LogP) is -1.61. The van der Waals surface area contributed by atoms with Crippen LogP contribution >= 0.6 is 0 Å². The number of nitrogens with two attached hydrogens (primary N) is 7. The summed E-state index contributed by atoms with van der Waals surface area (Å²) in [5.41, 5.74) is 42.1. The lowest BCUT2D eigenvalue weighted by atomic mass is 9.99. The number of fused-ring (bicyclic) bond motifs is 1. The van der Waals surface area contributed by atoms with Crippen LogP contribution < -0.4 is 82.7 Å². The average molecular weight is 1140 g/mol. The van der Waals surface area contributed by atoms with E-state index < -0.39 is 95.6 Å². The number of hydrogen-bond donors (Lipinski definition) is 16. The van der Waals surface area contributed by atoms with Gasteiger partial charge in [-0.25, -0.2) is 0 Å². The highest BCUT2D eigenvalue weighted by molar-refractivity contribution is 5.99. The second-order valence-corrected chi connectivity index (χ2v) is 21.1. The topological polar surface area (TPSA) is 455 Å². The Morgan fingerprint density at radius 2 is 0.768 bits per heavy atom. The Hall–Kier alpha value is -7.84. The van der Waals surface area contributed by atoms with Crippen LogP contribution in [0.5, 0.6) is 0 Å². The first-order valence-corrected chi connectivity index (χ1v) is 28.6. The van der Waals surface area contributed by atoms with Gasteiger partial charge in [-0.15, -0.1) is 0 Å². The van der Waals surface area contributed by atoms with Crippen molar-refractivity contribution in [3.05, 3.63) is 71.9 Å². The number of carbonyl (C=O) groups excluding carboxylic acids is 8. The number of rotatable bonds is 26. The third-order valence-electron chi connectivity index (χ3n) is 13.9. The number of H-pyrrole nitrogens is 1. The molecule has 0 spiro atoms. The van der Waals surface area contributed by atoms with Gasteiger partial charge in [-0.1, -0.05) is 62.4 Å². The van der Waals surface area contributed by atoms with Crippen molar-refractivity contribution < 1.29 is 38.4 Å². The van der Waals surface area contributed by atoms with Gasteiger partial charge in [0, 0.05) is 43.0 Å². The van der Waals surface area contributed by atoms with E-state index in [0.717, 1.165) is 10.9 Å². The maximum Gasteiger partial charge on any atom is 0.243 e. The van der Waals surface area contributed by atoms with Crippen LogP contribution in [0.15, 0.2) is 70.8 Å². The summed E-state index contributed by atoms with van der Waals surface area (Å²) in [4.78, 5) is 129. The van der Waals surface area contributed by atoms with Gasteiger partial charge in [0.1, 0.15) is 48.3 Å². The predicted molar refractivity (Wildman–Crippen MR) is 316 cm³/mol. The van der Waals surface area contributed by atoms with Gasteiger partial charge in [0.15, 0.2) is 11.9 Å². The SMILES string of the molecule is CC(C)C[C@@H]1NC(=O)[C@H](CCCN=C(N)N)NC(=O)[C@H](CCCCN)NC(=O)[C@H](CCCN=C(N)N)NC(=O)[C@H](CCCCN)NC(=O)[C@H](CCCCN)NC(=O)[C@H](Cc2c[nH]c3ccccc23)NC(=O)[C@H](Cc2ccccc2)NC1=O. The molecule has 1 aliphatic rings. The summed E-state index contributed by atoms with van der Waals surface area (Å²) in [7, 11) is 0. The van der Waals surface area contributed by atoms with E-state index in [4.69, 9.17) is 40.1 Å². The Bertz CT molecular complexity index is 2590. The molecule has 2 aromatic carbocycles. The van der Waals surface area contributed by atoms with Crippen molar-refractivity contribution in [2.45, 2.75) is 165 Å². The molecule has 1 aliphatic heterocycles. The second-order valence-electron chi connectivity index (χ2n) is 21.1. The quantitative estimate of drug-likeness (QED) is 0.0244. The van der Waals surface area contributed by atoms with Crippen molar-refractivity contribution in [2.24, 2.45) is 56.0 Å². The van der Waals surface area contributed by atoms with E-state index >= 15 is 0 Å². The largest absolute Gasteiger partial charge is 0.370 e. The van der Waals surface area contributed by atoms with Crippen LogP contribution in [0.25, 0.3) is 10.9 Å². The van der Waals surface area contributed by atoms with Crippen LogP contribution in [-0.2, 0) is 51.2 Å². The van der Waals surface area contributed by atoms with E-state index in [1.807, 2.05) is 38.1 Å². The molecular weight excluding hydrogens is 1050 g/mol. The molecule has 4 rings (SSSR count). The van der Waals surface area contributed by atoms with Gasteiger partial charge in [0.2, 0.25) is 47.3 Å². The molecule has 82 heavy (non-hydrogen) atoms. The van der Waals surface area contributed by atoms with Crippen molar-refractivity contribution in [1.82, 2.24) is 47.5 Å². The molecule has 0 aliphatic carbocycles. The van der Waals surface area contributed by atoms with Gasteiger partial charge in [-0.3, -0.25) is 48.3 Å². The first kappa shape index (κ1) is 66.7. The fourth-order valence-electron chi connectivity index (χ4n) is 9.50. The lowest BCUT2D eigenvalue weighted by Crippen LogP contribution is -2.62. The second kappa shape index (κ2) is 35.8. The van der Waals surface area contributed by atoms with Gasteiger partial charge < -0.3 is 87.7 Å². The van der Waals surface area contributed by atoms with Gasteiger partial charge in [0.05, 0.1) is 0 Å². The molecular formula is C56H90N18O8. The van der Waals surface area contributed by atoms with Crippen molar-refractivity contribution >= 4 is 70.1 Å². The van der Waals surface area contributed by atoms with Gasteiger partial charge in [-0.05, 0) is 133 Å². The molecule has 8 amide bonds.